The van der Waals surface area contributed by atoms with Crippen LogP contribution in [0.1, 0.15) is 253 Å². The quantitative estimate of drug-likeness (QED) is 0.0262. The van der Waals surface area contributed by atoms with E-state index in [9.17, 15) is 24.9 Å². The molecular formula is C72H110O9. The molecule has 1 fully saturated rings. The van der Waals surface area contributed by atoms with E-state index in [1.165, 1.54) is 95.9 Å². The van der Waals surface area contributed by atoms with Crippen LogP contribution in [0.5, 0.6) is 11.5 Å². The first-order valence-corrected chi connectivity index (χ1v) is 31.6. The summed E-state index contributed by atoms with van der Waals surface area (Å²) in [6.07, 6.45) is 19.1. The van der Waals surface area contributed by atoms with E-state index in [4.69, 9.17) is 19.3 Å². The number of carboxylic acid groups (broad SMARTS) is 1. The first-order chi connectivity index (χ1) is 38.5. The molecule has 0 amide bonds. The highest BCUT2D eigenvalue weighted by Crippen LogP contribution is 2.43. The zero-order valence-corrected chi connectivity index (χ0v) is 53.0. The normalized spacial score (nSPS) is 15.2. The monoisotopic (exact) mass is 1120 g/mol. The average molecular weight is 1120 g/mol. The predicted molar refractivity (Wildman–Crippen MR) is 334 cm³/mol. The molecule has 1 aliphatic rings. The summed E-state index contributed by atoms with van der Waals surface area (Å²) in [5.41, 5.74) is 12.2. The molecule has 81 heavy (non-hydrogen) atoms. The first-order valence-electron chi connectivity index (χ1n) is 31.6. The highest BCUT2D eigenvalue weighted by Gasteiger charge is 2.34. The molecule has 0 radical (unpaired) electrons. The van der Waals surface area contributed by atoms with Crippen LogP contribution in [0.15, 0.2) is 72.8 Å². The molecule has 0 saturated carbocycles. The van der Waals surface area contributed by atoms with Crippen LogP contribution in [0.3, 0.4) is 0 Å². The summed E-state index contributed by atoms with van der Waals surface area (Å²) in [7, 11) is 0. The van der Waals surface area contributed by atoms with E-state index in [1.54, 1.807) is 0 Å². The third-order valence-corrected chi connectivity index (χ3v) is 18.7. The molecule has 0 aromatic heterocycles. The number of hydrogen-bond donors (Lipinski definition) is 4. The van der Waals surface area contributed by atoms with Gasteiger partial charge in [0.25, 0.3) is 0 Å². The average Bonchev–Trinajstić information content (AvgIpc) is 3.97. The number of aliphatic carboxylic acids is 1. The lowest BCUT2D eigenvalue weighted by Gasteiger charge is -2.34. The molecule has 9 nitrogen and oxygen atoms in total. The van der Waals surface area contributed by atoms with E-state index in [0.29, 0.717) is 18.8 Å². The molecule has 2 unspecified atom stereocenters. The number of aryl methyl sites for hydroxylation is 6. The molecule has 1 aliphatic heterocycles. The molecule has 4 N–H and O–H groups in total. The minimum absolute atomic E-state index is 0.0452. The zero-order chi connectivity index (χ0) is 60.0. The molecule has 0 aliphatic carbocycles. The maximum Gasteiger partial charge on any atom is 0.306 e. The maximum absolute atomic E-state index is 11.4. The van der Waals surface area contributed by atoms with Crippen molar-refractivity contribution in [3.8, 4) is 11.5 Å². The summed E-state index contributed by atoms with van der Waals surface area (Å²) in [5, 5.41) is 40.9. The molecule has 0 spiro atoms. The summed E-state index contributed by atoms with van der Waals surface area (Å²) >= 11 is 0. The van der Waals surface area contributed by atoms with Gasteiger partial charge in [-0.1, -0.05) is 181 Å². The highest BCUT2D eigenvalue weighted by molar-refractivity contribution is 5.71. The summed E-state index contributed by atoms with van der Waals surface area (Å²) in [4.78, 5) is 22.2. The third-order valence-electron chi connectivity index (χ3n) is 18.7. The van der Waals surface area contributed by atoms with Gasteiger partial charge < -0.3 is 34.6 Å². The largest absolute Gasteiger partial charge is 0.491 e. The Morgan fingerprint density at radius 2 is 0.975 bits per heavy atom. The van der Waals surface area contributed by atoms with Gasteiger partial charge >= 0.3 is 11.9 Å². The van der Waals surface area contributed by atoms with Gasteiger partial charge in [-0.2, -0.15) is 0 Å². The minimum atomic E-state index is -0.918. The first kappa shape index (κ1) is 68.8. The Morgan fingerprint density at radius 3 is 1.33 bits per heavy atom. The van der Waals surface area contributed by atoms with Crippen molar-refractivity contribution >= 4 is 11.9 Å². The van der Waals surface area contributed by atoms with Gasteiger partial charge in [0.15, 0.2) is 0 Å². The molecule has 1 heterocycles. The number of aliphatic hydroxyl groups is 3. The summed E-state index contributed by atoms with van der Waals surface area (Å²) < 4.78 is 17.2. The molecule has 4 aromatic carbocycles. The van der Waals surface area contributed by atoms with Gasteiger partial charge in [0.05, 0.1) is 18.3 Å². The Bertz CT molecular complexity index is 2530. The fourth-order valence-corrected chi connectivity index (χ4v) is 12.4. The molecular weight excluding hydrogens is 1010 g/mol. The molecule has 9 heteroatoms. The molecule has 0 bridgehead atoms. The lowest BCUT2D eigenvalue weighted by Crippen LogP contribution is -2.30. The summed E-state index contributed by atoms with van der Waals surface area (Å²) in [6, 6.07) is 26.7. The number of cyclic esters (lactones) is 1. The van der Waals surface area contributed by atoms with Crippen LogP contribution in [0.25, 0.3) is 0 Å². The van der Waals surface area contributed by atoms with E-state index in [2.05, 4.69) is 157 Å². The van der Waals surface area contributed by atoms with Crippen molar-refractivity contribution in [1.82, 2.24) is 0 Å². The van der Waals surface area contributed by atoms with Gasteiger partial charge in [0.1, 0.15) is 30.8 Å². The van der Waals surface area contributed by atoms with Crippen LogP contribution in [0.2, 0.25) is 0 Å². The number of aliphatic hydroxyl groups excluding tert-OH is 3. The number of ether oxygens (including phenoxy) is 3. The van der Waals surface area contributed by atoms with E-state index < -0.39 is 12.1 Å². The van der Waals surface area contributed by atoms with E-state index in [0.717, 1.165) is 87.5 Å². The highest BCUT2D eigenvalue weighted by atomic mass is 16.6. The van der Waals surface area contributed by atoms with E-state index in [-0.39, 0.29) is 65.4 Å². The second kappa shape index (κ2) is 33.0. The van der Waals surface area contributed by atoms with Gasteiger partial charge in [-0.15, -0.1) is 0 Å². The fourth-order valence-electron chi connectivity index (χ4n) is 12.4. The Morgan fingerprint density at radius 1 is 0.568 bits per heavy atom. The van der Waals surface area contributed by atoms with E-state index in [1.807, 2.05) is 13.0 Å². The number of carboxylic acids is 1. The van der Waals surface area contributed by atoms with Crippen molar-refractivity contribution in [3.05, 3.63) is 128 Å². The standard InChI is InChI=1S/C36H56O5.C36H54O4/c1-8-11-12-13-22-35(6,7)33(38)20-15-28-14-16-29(23-26(28)4)36(9-2,10-3)30-17-19-32(27(5)24-30)41-25-31(37)18-21-34(39)40;1-8-11-12-13-22-35(6,7)33(37)20-15-28-14-16-29(23-26(28)4)36(9-2,10-3)30-17-19-32(27(5)24-30)39-25-31-18-21-34(38)40-31/h14,16-17,19,23-24,31,33,37-38H,8-13,15,18,20-22,25H2,1-7H3,(H,39,40);14,16-17,19,23-24,31,33,37H,8-13,15,18,20-22,25H2,1-7H3/t2*31-,33?/m00/s1. The van der Waals surface area contributed by atoms with Crippen LogP contribution < -0.4 is 9.47 Å². The second-order valence-electron chi connectivity index (χ2n) is 25.4. The van der Waals surface area contributed by atoms with Crippen LogP contribution in [0, 0.1) is 38.5 Å². The van der Waals surface area contributed by atoms with Gasteiger partial charge in [0, 0.05) is 23.7 Å². The number of carbonyl (C=O) groups is 2. The predicted octanol–water partition coefficient (Wildman–Crippen LogP) is 17.1. The van der Waals surface area contributed by atoms with Gasteiger partial charge in [-0.25, -0.2) is 0 Å². The van der Waals surface area contributed by atoms with E-state index >= 15 is 0 Å². The van der Waals surface area contributed by atoms with Crippen LogP contribution in [-0.4, -0.2) is 70.0 Å². The Kier molecular flexibility index (Phi) is 28.0. The zero-order valence-electron chi connectivity index (χ0n) is 53.0. The van der Waals surface area contributed by atoms with Crippen LogP contribution in [0.4, 0.5) is 0 Å². The number of carbonyl (C=O) groups excluding carboxylic acids is 1. The maximum atomic E-state index is 11.4. The third kappa shape index (κ3) is 19.7. The lowest BCUT2D eigenvalue weighted by atomic mass is 9.69. The number of benzene rings is 4. The number of esters is 1. The van der Waals surface area contributed by atoms with Gasteiger partial charge in [-0.3, -0.25) is 9.59 Å². The lowest BCUT2D eigenvalue weighted by molar-refractivity contribution is -0.142. The molecule has 1 saturated heterocycles. The summed E-state index contributed by atoms with van der Waals surface area (Å²) in [6.45, 7) is 31.4. The Hall–Kier alpha value is -4.70. The van der Waals surface area contributed by atoms with Crippen molar-refractivity contribution < 1.29 is 44.2 Å². The van der Waals surface area contributed by atoms with Crippen molar-refractivity contribution in [1.29, 1.82) is 0 Å². The fraction of sp³-hybridized carbons (Fsp3) is 0.639. The van der Waals surface area contributed by atoms with Crippen molar-refractivity contribution in [2.24, 2.45) is 10.8 Å². The van der Waals surface area contributed by atoms with Gasteiger partial charge in [0.2, 0.25) is 0 Å². The van der Waals surface area contributed by atoms with Gasteiger partial charge in [-0.05, 0) is 183 Å². The molecule has 4 aromatic rings. The Balaban J connectivity index is 0.000000348. The summed E-state index contributed by atoms with van der Waals surface area (Å²) in [5.74, 6) is 0.516. The van der Waals surface area contributed by atoms with Crippen molar-refractivity contribution in [2.75, 3.05) is 13.2 Å². The van der Waals surface area contributed by atoms with Crippen molar-refractivity contribution in [2.45, 2.75) is 273 Å². The smallest absolute Gasteiger partial charge is 0.306 e. The molecule has 4 atom stereocenters. The van der Waals surface area contributed by atoms with Crippen molar-refractivity contribution in [3.63, 3.8) is 0 Å². The number of rotatable bonds is 35. The number of unbranched alkanes of at least 4 members (excludes halogenated alkanes) is 6. The van der Waals surface area contributed by atoms with Crippen LogP contribution in [-0.2, 0) is 38.0 Å². The topological polar surface area (TPSA) is 143 Å². The van der Waals surface area contributed by atoms with Crippen LogP contribution >= 0.6 is 0 Å². The Labute approximate surface area is 491 Å². The second-order valence-corrected chi connectivity index (χ2v) is 25.4. The number of hydrogen-bond acceptors (Lipinski definition) is 8. The minimum Gasteiger partial charge on any atom is -0.491 e. The molecule has 452 valence electrons. The molecule has 5 rings (SSSR count). The SMILES string of the molecule is CCCCCCC(C)(C)C(O)CCc1ccc(C(CC)(CC)c2ccc(OC[C@@H](O)CCC(=O)O)c(C)c2)cc1C.CCCCCCC(C)(C)C(O)CCc1ccc(C(CC)(CC)c2ccc(OC[C@@H]3CCC(=O)O3)c(C)c2)cc1C.